The number of aromatic nitrogens is 1. The molecule has 15 heavy (non-hydrogen) atoms. The van der Waals surface area contributed by atoms with Crippen LogP contribution < -0.4 is 34.7 Å². The molecular weight excluding hydrogens is 209 g/mol. The number of esters is 1. The SMILES string of the molecule is CCOC(=O)c1cccnc1C(=O)[O-].[Na+]. The summed E-state index contributed by atoms with van der Waals surface area (Å²) in [5.41, 5.74) is -0.486. The molecule has 74 valence electrons. The Morgan fingerprint density at radius 2 is 2.20 bits per heavy atom. The largest absolute Gasteiger partial charge is 1.00 e. The van der Waals surface area contributed by atoms with Gasteiger partial charge in [-0.15, -0.1) is 0 Å². The molecule has 0 spiro atoms. The van der Waals surface area contributed by atoms with E-state index in [1.54, 1.807) is 6.92 Å². The monoisotopic (exact) mass is 217 g/mol. The number of hydrogen-bond donors (Lipinski definition) is 0. The summed E-state index contributed by atoms with van der Waals surface area (Å²) in [6.07, 6.45) is 1.27. The van der Waals surface area contributed by atoms with Crippen molar-refractivity contribution in [3.8, 4) is 0 Å². The fraction of sp³-hybridized carbons (Fsp3) is 0.222. The molecule has 0 unspecified atom stereocenters. The molecule has 1 aromatic rings. The quantitative estimate of drug-likeness (QED) is 0.390. The van der Waals surface area contributed by atoms with Gasteiger partial charge in [-0.3, -0.25) is 4.98 Å². The number of pyridine rings is 1. The van der Waals surface area contributed by atoms with Crippen molar-refractivity contribution in [2.45, 2.75) is 6.92 Å². The number of rotatable bonds is 3. The molecule has 5 nitrogen and oxygen atoms in total. The second-order valence-electron chi connectivity index (χ2n) is 2.41. The van der Waals surface area contributed by atoms with Gasteiger partial charge in [0.05, 0.1) is 18.1 Å². The molecule has 6 heteroatoms. The van der Waals surface area contributed by atoms with Gasteiger partial charge in [0.2, 0.25) is 0 Å². The fourth-order valence-corrected chi connectivity index (χ4v) is 0.942. The topological polar surface area (TPSA) is 79.3 Å². The minimum absolute atomic E-state index is 0. The zero-order valence-corrected chi connectivity index (χ0v) is 10.5. The zero-order valence-electron chi connectivity index (χ0n) is 8.52. The van der Waals surface area contributed by atoms with Crippen LogP contribution in [0.1, 0.15) is 27.8 Å². The molecule has 0 N–H and O–H groups in total. The van der Waals surface area contributed by atoms with Crippen molar-refractivity contribution >= 4 is 11.9 Å². The smallest absolute Gasteiger partial charge is 0.543 e. The van der Waals surface area contributed by atoms with Crippen LogP contribution in [0.4, 0.5) is 0 Å². The first-order valence-corrected chi connectivity index (χ1v) is 4.00. The number of nitrogens with zero attached hydrogens (tertiary/aromatic N) is 1. The summed E-state index contributed by atoms with van der Waals surface area (Å²) >= 11 is 0. The van der Waals surface area contributed by atoms with Crippen LogP contribution in [0.25, 0.3) is 0 Å². The number of hydrogen-bond acceptors (Lipinski definition) is 5. The third-order valence-corrected chi connectivity index (χ3v) is 1.50. The third kappa shape index (κ3) is 3.62. The number of ether oxygens (including phenoxy) is 1. The van der Waals surface area contributed by atoms with E-state index in [1.165, 1.54) is 18.3 Å². The van der Waals surface area contributed by atoms with Gasteiger partial charge in [0.15, 0.2) is 0 Å². The Labute approximate surface area is 109 Å². The van der Waals surface area contributed by atoms with Crippen LogP contribution in [0.2, 0.25) is 0 Å². The summed E-state index contributed by atoms with van der Waals surface area (Å²) in [6, 6.07) is 2.79. The zero-order chi connectivity index (χ0) is 10.6. The van der Waals surface area contributed by atoms with Crippen LogP contribution >= 0.6 is 0 Å². The molecule has 0 fully saturated rings. The maximum atomic E-state index is 11.2. The Bertz CT molecular complexity index is 367. The number of carboxylic acids is 1. The molecule has 1 aromatic heterocycles. The summed E-state index contributed by atoms with van der Waals surface area (Å²) in [6.45, 7) is 1.81. The minimum atomic E-state index is -1.49. The van der Waals surface area contributed by atoms with Crippen molar-refractivity contribution in [2.75, 3.05) is 6.61 Å². The number of carbonyl (C=O) groups is 2. The van der Waals surface area contributed by atoms with Crippen molar-refractivity contribution in [3.05, 3.63) is 29.6 Å². The van der Waals surface area contributed by atoms with Gasteiger partial charge in [-0.05, 0) is 19.1 Å². The normalized spacial score (nSPS) is 8.87. The second-order valence-corrected chi connectivity index (χ2v) is 2.41. The van der Waals surface area contributed by atoms with Crippen molar-refractivity contribution in [2.24, 2.45) is 0 Å². The fourth-order valence-electron chi connectivity index (χ4n) is 0.942. The van der Waals surface area contributed by atoms with Crippen LogP contribution in [-0.4, -0.2) is 23.5 Å². The molecule has 0 bridgehead atoms. The van der Waals surface area contributed by atoms with Crippen molar-refractivity contribution in [1.29, 1.82) is 0 Å². The van der Waals surface area contributed by atoms with Crippen LogP contribution in [-0.2, 0) is 4.74 Å². The molecule has 0 aliphatic heterocycles. The van der Waals surface area contributed by atoms with Crippen molar-refractivity contribution in [1.82, 2.24) is 4.98 Å². The molecule has 0 aliphatic carbocycles. The van der Waals surface area contributed by atoms with E-state index in [9.17, 15) is 14.7 Å². The maximum absolute atomic E-state index is 11.2. The summed E-state index contributed by atoms with van der Waals surface area (Å²) in [5, 5.41) is 10.5. The van der Waals surface area contributed by atoms with E-state index in [2.05, 4.69) is 9.72 Å². The summed E-state index contributed by atoms with van der Waals surface area (Å²) < 4.78 is 4.65. The number of carbonyl (C=O) groups excluding carboxylic acids is 2. The van der Waals surface area contributed by atoms with E-state index in [-0.39, 0.29) is 41.7 Å². The van der Waals surface area contributed by atoms with Crippen LogP contribution in [0.15, 0.2) is 18.3 Å². The Morgan fingerprint density at radius 1 is 1.53 bits per heavy atom. The molecule has 0 saturated heterocycles. The van der Waals surface area contributed by atoms with Crippen LogP contribution in [0.3, 0.4) is 0 Å². The Hall–Kier alpha value is -0.910. The number of aromatic carboxylic acids is 1. The summed E-state index contributed by atoms with van der Waals surface area (Å²) in [5.74, 6) is -2.20. The minimum Gasteiger partial charge on any atom is -0.543 e. The number of carboxylic acid groups (broad SMARTS) is 1. The van der Waals surface area contributed by atoms with Crippen molar-refractivity contribution in [3.63, 3.8) is 0 Å². The third-order valence-electron chi connectivity index (χ3n) is 1.50. The second kappa shape index (κ2) is 6.55. The average Bonchev–Trinajstić information content (AvgIpc) is 2.18. The standard InChI is InChI=1S/C9H9NO4.Na/c1-2-14-9(13)6-4-3-5-10-7(6)8(11)12;/h3-5H,2H2,1H3,(H,11,12);/q;+1/p-1. The Balaban J connectivity index is 0.00000196. The first kappa shape index (κ1) is 14.1. The predicted octanol–water partition coefficient (Wildman–Crippen LogP) is -3.37. The van der Waals surface area contributed by atoms with Gasteiger partial charge in [-0.1, -0.05) is 0 Å². The van der Waals surface area contributed by atoms with Gasteiger partial charge in [0.1, 0.15) is 5.69 Å². The van der Waals surface area contributed by atoms with Gasteiger partial charge in [0, 0.05) is 6.20 Å². The van der Waals surface area contributed by atoms with Crippen molar-refractivity contribution < 1.29 is 49.0 Å². The molecule has 1 heterocycles. The maximum Gasteiger partial charge on any atom is 1.00 e. The van der Waals surface area contributed by atoms with Gasteiger partial charge < -0.3 is 14.6 Å². The molecule has 0 saturated carbocycles. The van der Waals surface area contributed by atoms with Crippen LogP contribution in [0.5, 0.6) is 0 Å². The molecular formula is C9H8NNaO4. The molecule has 0 atom stereocenters. The van der Waals surface area contributed by atoms with Gasteiger partial charge in [0.25, 0.3) is 0 Å². The van der Waals surface area contributed by atoms with E-state index in [0.29, 0.717) is 0 Å². The van der Waals surface area contributed by atoms with Crippen LogP contribution in [0, 0.1) is 0 Å². The van der Waals surface area contributed by atoms with E-state index in [4.69, 9.17) is 0 Å². The summed E-state index contributed by atoms with van der Waals surface area (Å²) in [7, 11) is 0. The van der Waals surface area contributed by atoms with Gasteiger partial charge >= 0.3 is 35.5 Å². The summed E-state index contributed by atoms with van der Waals surface area (Å²) in [4.78, 5) is 25.3. The molecule has 0 aliphatic rings. The molecule has 0 amide bonds. The average molecular weight is 217 g/mol. The van der Waals surface area contributed by atoms with E-state index >= 15 is 0 Å². The Kier molecular flexibility index (Phi) is 6.15. The first-order chi connectivity index (χ1) is 6.66. The van der Waals surface area contributed by atoms with E-state index in [1.807, 2.05) is 0 Å². The predicted molar refractivity (Wildman–Crippen MR) is 44.5 cm³/mol. The van der Waals surface area contributed by atoms with Gasteiger partial charge in [-0.2, -0.15) is 0 Å². The molecule has 0 radical (unpaired) electrons. The molecule has 1 rings (SSSR count). The van der Waals surface area contributed by atoms with E-state index in [0.717, 1.165) is 0 Å². The van der Waals surface area contributed by atoms with E-state index < -0.39 is 17.6 Å². The first-order valence-electron chi connectivity index (χ1n) is 4.00. The Morgan fingerprint density at radius 3 is 2.73 bits per heavy atom. The molecule has 0 aromatic carbocycles. The van der Waals surface area contributed by atoms with Gasteiger partial charge in [-0.25, -0.2) is 4.79 Å².